The van der Waals surface area contributed by atoms with Crippen molar-refractivity contribution in [3.63, 3.8) is 0 Å². The summed E-state index contributed by atoms with van der Waals surface area (Å²) in [7, 11) is 0. The highest BCUT2D eigenvalue weighted by atomic mass is 16.2. The van der Waals surface area contributed by atoms with Crippen LogP contribution in [0.3, 0.4) is 0 Å². The van der Waals surface area contributed by atoms with Crippen LogP contribution in [0, 0.1) is 0 Å². The van der Waals surface area contributed by atoms with Gasteiger partial charge < -0.3 is 5.32 Å². The quantitative estimate of drug-likeness (QED) is 0.772. The van der Waals surface area contributed by atoms with E-state index in [1.54, 1.807) is 6.07 Å². The summed E-state index contributed by atoms with van der Waals surface area (Å²) in [5.74, 6) is -0.616. The topological polar surface area (TPSA) is 58.2 Å². The Morgan fingerprint density at radius 1 is 0.950 bits per heavy atom. The van der Waals surface area contributed by atoms with Crippen LogP contribution in [0.25, 0.3) is 0 Å². The Morgan fingerprint density at radius 2 is 1.75 bits per heavy atom. The molecule has 2 aromatic carbocycles. The zero-order chi connectivity index (χ0) is 13.7. The Labute approximate surface area is 115 Å². The van der Waals surface area contributed by atoms with Gasteiger partial charge in [-0.25, -0.2) is 0 Å². The highest BCUT2D eigenvalue weighted by molar-refractivity contribution is 6.21. The van der Waals surface area contributed by atoms with E-state index in [2.05, 4.69) is 22.8 Å². The number of carbonyl (C=O) groups is 2. The molecule has 0 bridgehead atoms. The molecule has 2 heterocycles. The van der Waals surface area contributed by atoms with Crippen molar-refractivity contribution < 1.29 is 9.59 Å². The Kier molecular flexibility index (Phi) is 2.28. The maximum atomic E-state index is 11.7. The normalized spacial score (nSPS) is 19.7. The van der Waals surface area contributed by atoms with Gasteiger partial charge in [0.05, 0.1) is 17.2 Å². The van der Waals surface area contributed by atoms with Crippen molar-refractivity contribution in [1.29, 1.82) is 0 Å². The molecular formula is C16H12N2O2. The van der Waals surface area contributed by atoms with E-state index in [4.69, 9.17) is 0 Å². The van der Waals surface area contributed by atoms with Crippen molar-refractivity contribution in [3.05, 3.63) is 70.3 Å². The molecule has 1 atom stereocenters. The van der Waals surface area contributed by atoms with Crippen molar-refractivity contribution in [3.8, 4) is 0 Å². The summed E-state index contributed by atoms with van der Waals surface area (Å²) in [4.78, 5) is 23.3. The minimum atomic E-state index is -0.309. The minimum Gasteiger partial charge on any atom is -0.302 e. The van der Waals surface area contributed by atoms with Crippen LogP contribution < -0.4 is 10.6 Å². The van der Waals surface area contributed by atoms with Crippen LogP contribution in [-0.4, -0.2) is 11.8 Å². The van der Waals surface area contributed by atoms with E-state index in [0.717, 1.165) is 12.1 Å². The largest absolute Gasteiger partial charge is 0.302 e. The van der Waals surface area contributed by atoms with Gasteiger partial charge in [0.15, 0.2) is 0 Å². The average Bonchev–Trinajstić information content (AvgIpc) is 3.01. The standard InChI is InChI=1S/C16H12N2O2/c19-15-12-6-5-9(7-13(12)16(20)18-15)14-11-4-2-1-3-10(11)8-17-14/h1-7,14,17H,8H2,(H,18,19,20). The van der Waals surface area contributed by atoms with E-state index in [1.807, 2.05) is 24.3 Å². The Bertz CT molecular complexity index is 752. The van der Waals surface area contributed by atoms with Gasteiger partial charge in [-0.1, -0.05) is 30.3 Å². The molecule has 0 spiro atoms. The third-order valence-corrected chi connectivity index (χ3v) is 3.96. The molecular weight excluding hydrogens is 252 g/mol. The van der Waals surface area contributed by atoms with Crippen molar-refractivity contribution in [2.24, 2.45) is 0 Å². The van der Waals surface area contributed by atoms with Crippen LogP contribution in [-0.2, 0) is 6.54 Å². The number of carbonyl (C=O) groups excluding carboxylic acids is 2. The molecule has 0 saturated carbocycles. The Balaban J connectivity index is 1.80. The third kappa shape index (κ3) is 1.52. The number of hydrogen-bond donors (Lipinski definition) is 2. The van der Waals surface area contributed by atoms with E-state index >= 15 is 0 Å². The first-order valence-electron chi connectivity index (χ1n) is 6.55. The van der Waals surface area contributed by atoms with Gasteiger partial charge in [0.1, 0.15) is 0 Å². The van der Waals surface area contributed by atoms with E-state index < -0.39 is 0 Å². The van der Waals surface area contributed by atoms with Crippen molar-refractivity contribution >= 4 is 11.8 Å². The maximum Gasteiger partial charge on any atom is 0.258 e. The number of benzene rings is 2. The molecule has 0 fully saturated rings. The molecule has 2 aliphatic heterocycles. The van der Waals surface area contributed by atoms with Crippen LogP contribution in [0.5, 0.6) is 0 Å². The first-order chi connectivity index (χ1) is 9.74. The summed E-state index contributed by atoms with van der Waals surface area (Å²) in [5.41, 5.74) is 4.46. The van der Waals surface area contributed by atoms with Gasteiger partial charge in [0.25, 0.3) is 11.8 Å². The Hall–Kier alpha value is -2.46. The van der Waals surface area contributed by atoms with E-state index in [9.17, 15) is 9.59 Å². The number of nitrogens with one attached hydrogen (secondary N) is 2. The highest BCUT2D eigenvalue weighted by Crippen LogP contribution is 2.32. The molecule has 0 radical (unpaired) electrons. The van der Waals surface area contributed by atoms with Gasteiger partial charge in [0, 0.05) is 6.54 Å². The van der Waals surface area contributed by atoms with Gasteiger partial charge >= 0.3 is 0 Å². The van der Waals surface area contributed by atoms with E-state index in [0.29, 0.717) is 11.1 Å². The van der Waals surface area contributed by atoms with Gasteiger partial charge in [-0.05, 0) is 28.8 Å². The fraction of sp³-hybridized carbons (Fsp3) is 0.125. The second kappa shape index (κ2) is 4.02. The molecule has 0 aliphatic carbocycles. The molecule has 2 N–H and O–H groups in total. The maximum absolute atomic E-state index is 11.7. The number of amides is 2. The zero-order valence-corrected chi connectivity index (χ0v) is 10.6. The van der Waals surface area contributed by atoms with Gasteiger partial charge in [0.2, 0.25) is 0 Å². The number of imide groups is 1. The molecule has 1 unspecified atom stereocenters. The highest BCUT2D eigenvalue weighted by Gasteiger charge is 2.29. The first-order valence-corrected chi connectivity index (χ1v) is 6.55. The molecule has 4 nitrogen and oxygen atoms in total. The second-order valence-electron chi connectivity index (χ2n) is 5.10. The smallest absolute Gasteiger partial charge is 0.258 e. The molecule has 98 valence electrons. The molecule has 0 saturated heterocycles. The lowest BCUT2D eigenvalue weighted by molar-refractivity contribution is 0.0879. The summed E-state index contributed by atoms with van der Waals surface area (Å²) in [6.45, 7) is 0.822. The van der Waals surface area contributed by atoms with Crippen LogP contribution in [0.1, 0.15) is 43.4 Å². The SMILES string of the molecule is O=C1NC(=O)c2cc(C3NCc4ccccc43)ccc21. The molecule has 2 aliphatic rings. The molecule has 0 aromatic heterocycles. The average molecular weight is 264 g/mol. The van der Waals surface area contributed by atoms with Crippen LogP contribution >= 0.6 is 0 Å². The molecule has 4 heteroatoms. The fourth-order valence-electron chi connectivity index (χ4n) is 2.96. The molecule has 2 aromatic rings. The van der Waals surface area contributed by atoms with Gasteiger partial charge in [-0.15, -0.1) is 0 Å². The zero-order valence-electron chi connectivity index (χ0n) is 10.6. The molecule has 2 amide bonds. The van der Waals surface area contributed by atoms with Crippen molar-refractivity contribution in [1.82, 2.24) is 10.6 Å². The number of hydrogen-bond acceptors (Lipinski definition) is 3. The summed E-state index contributed by atoms with van der Waals surface area (Å²) < 4.78 is 0. The minimum absolute atomic E-state index is 0.0833. The lowest BCUT2D eigenvalue weighted by Gasteiger charge is -2.13. The molecule has 4 rings (SSSR count). The predicted molar refractivity (Wildman–Crippen MR) is 73.4 cm³/mol. The van der Waals surface area contributed by atoms with Gasteiger partial charge in [-0.2, -0.15) is 0 Å². The van der Waals surface area contributed by atoms with Crippen molar-refractivity contribution in [2.45, 2.75) is 12.6 Å². The lowest BCUT2D eigenvalue weighted by atomic mass is 9.95. The van der Waals surface area contributed by atoms with E-state index in [-0.39, 0.29) is 17.9 Å². The predicted octanol–water partition coefficient (Wildman–Crippen LogP) is 1.76. The van der Waals surface area contributed by atoms with Gasteiger partial charge in [-0.3, -0.25) is 14.9 Å². The number of rotatable bonds is 1. The second-order valence-corrected chi connectivity index (χ2v) is 5.10. The Morgan fingerprint density at radius 3 is 2.65 bits per heavy atom. The first kappa shape index (κ1) is 11.4. The lowest BCUT2D eigenvalue weighted by Crippen LogP contribution is -2.19. The summed E-state index contributed by atoms with van der Waals surface area (Å²) in [6.07, 6.45) is 0. The van der Waals surface area contributed by atoms with Crippen molar-refractivity contribution in [2.75, 3.05) is 0 Å². The monoisotopic (exact) mass is 264 g/mol. The van der Waals surface area contributed by atoms with E-state index in [1.165, 1.54) is 11.1 Å². The summed E-state index contributed by atoms with van der Waals surface area (Å²) in [6, 6.07) is 13.8. The third-order valence-electron chi connectivity index (χ3n) is 3.96. The molecule has 20 heavy (non-hydrogen) atoms. The van der Waals surface area contributed by atoms with Crippen LogP contribution in [0.4, 0.5) is 0 Å². The van der Waals surface area contributed by atoms with Crippen LogP contribution in [0.15, 0.2) is 42.5 Å². The number of fused-ring (bicyclic) bond motifs is 2. The summed E-state index contributed by atoms with van der Waals surface area (Å²) >= 11 is 0. The van der Waals surface area contributed by atoms with Crippen LogP contribution in [0.2, 0.25) is 0 Å². The summed E-state index contributed by atoms with van der Waals surface area (Å²) in [5, 5.41) is 5.76. The fourth-order valence-corrected chi connectivity index (χ4v) is 2.96.